The van der Waals surface area contributed by atoms with E-state index in [4.69, 9.17) is 0 Å². The van der Waals surface area contributed by atoms with Gasteiger partial charge in [0.05, 0.1) is 0 Å². The van der Waals surface area contributed by atoms with E-state index in [0.717, 1.165) is 0 Å². The molecule has 2 N–H and O–H groups in total. The maximum absolute atomic E-state index is 10.5. The smallest absolute Gasteiger partial charge is 0.321 e. The summed E-state index contributed by atoms with van der Waals surface area (Å²) in [6.07, 6.45) is 1.53. The predicted octanol–water partition coefficient (Wildman–Crippen LogP) is 0.0181. The maximum Gasteiger partial charge on any atom is 0.321 e. The fraction of sp³-hybridized carbons (Fsp3) is 0.333. The first-order chi connectivity index (χ1) is 4.66. The number of hydrogen-bond donors (Lipinski definition) is 2. The molecule has 0 aromatic carbocycles. The van der Waals surface area contributed by atoms with Crippen molar-refractivity contribution >= 4 is 11.9 Å². The highest BCUT2D eigenvalue weighted by Crippen LogP contribution is 1.65. The maximum atomic E-state index is 10.5. The van der Waals surface area contributed by atoms with Gasteiger partial charge in [0.1, 0.15) is 0 Å². The molecule has 4 heteroatoms. The van der Waals surface area contributed by atoms with E-state index in [-0.39, 0.29) is 5.91 Å². The minimum atomic E-state index is -0.493. The number of nitrogens with one attached hydrogen (secondary N) is 2. The lowest BCUT2D eigenvalue weighted by molar-refractivity contribution is -0.117. The summed E-state index contributed by atoms with van der Waals surface area (Å²) in [4.78, 5) is 20.7. The summed E-state index contributed by atoms with van der Waals surface area (Å²) in [5, 5.41) is 4.42. The lowest BCUT2D eigenvalue weighted by atomic mass is 10.6. The molecule has 10 heavy (non-hydrogen) atoms. The molecule has 0 aromatic heterocycles. The highest BCUT2D eigenvalue weighted by atomic mass is 16.2. The summed E-state index contributed by atoms with van der Waals surface area (Å²) < 4.78 is 0. The van der Waals surface area contributed by atoms with Crippen LogP contribution in [-0.4, -0.2) is 18.5 Å². The first kappa shape index (κ1) is 8.68. The molecule has 0 atom stereocenters. The average Bonchev–Trinajstić information content (AvgIpc) is 1.82. The van der Waals surface area contributed by atoms with Crippen LogP contribution in [0.5, 0.6) is 0 Å². The standard InChI is InChI=1S/C6H10N2O2/c1-3-4-7-6(10)8-5(2)9/h3H,1,4H2,2H3,(H2,7,8,9,10). The molecule has 0 heterocycles. The van der Waals surface area contributed by atoms with Gasteiger partial charge >= 0.3 is 6.03 Å². The van der Waals surface area contributed by atoms with Crippen LogP contribution in [0.4, 0.5) is 4.79 Å². The summed E-state index contributed by atoms with van der Waals surface area (Å²) in [6, 6.07) is -0.493. The number of amides is 3. The zero-order valence-electron chi connectivity index (χ0n) is 5.81. The Hall–Kier alpha value is -1.32. The van der Waals surface area contributed by atoms with Crippen molar-refractivity contribution in [3.8, 4) is 0 Å². The van der Waals surface area contributed by atoms with Crippen molar-refractivity contribution in [2.24, 2.45) is 0 Å². The van der Waals surface area contributed by atoms with Crippen molar-refractivity contribution in [3.05, 3.63) is 12.7 Å². The van der Waals surface area contributed by atoms with Gasteiger partial charge in [-0.25, -0.2) is 4.79 Å². The molecule has 0 saturated heterocycles. The summed E-state index contributed by atoms with van der Waals surface area (Å²) in [7, 11) is 0. The van der Waals surface area contributed by atoms with Gasteiger partial charge in [-0.2, -0.15) is 0 Å². The van der Waals surface area contributed by atoms with Crippen LogP contribution in [0.15, 0.2) is 12.7 Å². The quantitative estimate of drug-likeness (QED) is 0.534. The van der Waals surface area contributed by atoms with Gasteiger partial charge in [0, 0.05) is 13.5 Å². The van der Waals surface area contributed by atoms with Crippen LogP contribution in [0, 0.1) is 0 Å². The lowest BCUT2D eigenvalue weighted by Gasteiger charge is -1.99. The first-order valence-corrected chi connectivity index (χ1v) is 2.83. The third kappa shape index (κ3) is 4.83. The molecule has 0 aliphatic carbocycles. The molecule has 0 bridgehead atoms. The molecule has 4 nitrogen and oxygen atoms in total. The highest BCUT2D eigenvalue weighted by molar-refractivity contribution is 5.92. The van der Waals surface area contributed by atoms with Crippen LogP contribution < -0.4 is 10.6 Å². The zero-order valence-corrected chi connectivity index (χ0v) is 5.81. The molecule has 0 rings (SSSR count). The monoisotopic (exact) mass is 142 g/mol. The number of urea groups is 1. The second-order valence-corrected chi connectivity index (χ2v) is 1.68. The summed E-state index contributed by atoms with van der Waals surface area (Å²) in [5.74, 6) is -0.374. The molecule has 0 unspecified atom stereocenters. The minimum Gasteiger partial charge on any atom is -0.334 e. The lowest BCUT2D eigenvalue weighted by Crippen LogP contribution is -2.38. The highest BCUT2D eigenvalue weighted by Gasteiger charge is 1.98. The Morgan fingerprint density at radius 2 is 2.20 bits per heavy atom. The Labute approximate surface area is 59.3 Å². The topological polar surface area (TPSA) is 58.2 Å². The van der Waals surface area contributed by atoms with Gasteiger partial charge in [0.2, 0.25) is 5.91 Å². The summed E-state index contributed by atoms with van der Waals surface area (Å²) in [6.45, 7) is 5.02. The molecular formula is C6H10N2O2. The predicted molar refractivity (Wildman–Crippen MR) is 37.4 cm³/mol. The van der Waals surface area contributed by atoms with Gasteiger partial charge in [-0.1, -0.05) is 6.08 Å². The number of carbonyl (C=O) groups excluding carboxylic acids is 2. The Kier molecular flexibility index (Phi) is 3.95. The van der Waals surface area contributed by atoms with Gasteiger partial charge in [0.25, 0.3) is 0 Å². The van der Waals surface area contributed by atoms with Crippen molar-refractivity contribution in [2.75, 3.05) is 6.54 Å². The number of imide groups is 1. The Morgan fingerprint density at radius 1 is 1.60 bits per heavy atom. The van der Waals surface area contributed by atoms with Crippen molar-refractivity contribution in [3.63, 3.8) is 0 Å². The molecular weight excluding hydrogens is 132 g/mol. The number of hydrogen-bond acceptors (Lipinski definition) is 2. The molecule has 3 amide bonds. The molecule has 0 spiro atoms. The Balaban J connectivity index is 3.43. The van der Waals surface area contributed by atoms with Gasteiger partial charge in [-0.05, 0) is 0 Å². The minimum absolute atomic E-state index is 0.360. The number of carbonyl (C=O) groups is 2. The molecule has 0 aliphatic rings. The van der Waals surface area contributed by atoms with E-state index in [2.05, 4.69) is 11.9 Å². The van der Waals surface area contributed by atoms with E-state index in [9.17, 15) is 9.59 Å². The summed E-state index contributed by atoms with van der Waals surface area (Å²) in [5.41, 5.74) is 0. The Bertz CT molecular complexity index is 154. The van der Waals surface area contributed by atoms with Gasteiger partial charge in [-0.3, -0.25) is 10.1 Å². The van der Waals surface area contributed by atoms with Gasteiger partial charge in [0.15, 0.2) is 0 Å². The van der Waals surface area contributed by atoms with E-state index < -0.39 is 6.03 Å². The van der Waals surface area contributed by atoms with Crippen molar-refractivity contribution in [2.45, 2.75) is 6.92 Å². The van der Waals surface area contributed by atoms with E-state index in [1.54, 1.807) is 0 Å². The third-order valence-corrected chi connectivity index (χ3v) is 0.697. The van der Waals surface area contributed by atoms with Crippen molar-refractivity contribution in [1.82, 2.24) is 10.6 Å². The summed E-state index contributed by atoms with van der Waals surface area (Å²) >= 11 is 0. The van der Waals surface area contributed by atoms with Crippen molar-refractivity contribution < 1.29 is 9.59 Å². The Morgan fingerprint density at radius 3 is 2.60 bits per heavy atom. The molecule has 0 aliphatic heterocycles. The second-order valence-electron chi connectivity index (χ2n) is 1.68. The first-order valence-electron chi connectivity index (χ1n) is 2.83. The van der Waals surface area contributed by atoms with Crippen LogP contribution >= 0.6 is 0 Å². The van der Waals surface area contributed by atoms with Crippen LogP contribution in [0.3, 0.4) is 0 Å². The fourth-order valence-corrected chi connectivity index (χ4v) is 0.369. The van der Waals surface area contributed by atoms with Crippen LogP contribution in [0.2, 0.25) is 0 Å². The van der Waals surface area contributed by atoms with Crippen LogP contribution in [-0.2, 0) is 4.79 Å². The van der Waals surface area contributed by atoms with E-state index in [0.29, 0.717) is 6.54 Å². The largest absolute Gasteiger partial charge is 0.334 e. The second kappa shape index (κ2) is 4.55. The molecule has 0 saturated carbocycles. The van der Waals surface area contributed by atoms with Gasteiger partial charge in [-0.15, -0.1) is 6.58 Å². The molecule has 0 radical (unpaired) electrons. The number of rotatable bonds is 2. The molecule has 0 fully saturated rings. The van der Waals surface area contributed by atoms with E-state index in [1.165, 1.54) is 13.0 Å². The average molecular weight is 142 g/mol. The van der Waals surface area contributed by atoms with E-state index in [1.807, 2.05) is 5.32 Å². The zero-order chi connectivity index (χ0) is 7.98. The van der Waals surface area contributed by atoms with Crippen LogP contribution in [0.25, 0.3) is 0 Å². The fourth-order valence-electron chi connectivity index (χ4n) is 0.369. The molecule has 56 valence electrons. The SMILES string of the molecule is C=CCNC(=O)NC(C)=O. The van der Waals surface area contributed by atoms with E-state index >= 15 is 0 Å². The van der Waals surface area contributed by atoms with Crippen LogP contribution in [0.1, 0.15) is 6.92 Å². The van der Waals surface area contributed by atoms with Crippen molar-refractivity contribution in [1.29, 1.82) is 0 Å². The van der Waals surface area contributed by atoms with Gasteiger partial charge < -0.3 is 5.32 Å². The normalized spacial score (nSPS) is 8.10. The third-order valence-electron chi connectivity index (χ3n) is 0.697. The molecule has 0 aromatic rings.